The zero-order valence-corrected chi connectivity index (χ0v) is 10.9. The number of hydrogen-bond acceptors (Lipinski definition) is 1. The van der Waals surface area contributed by atoms with Crippen molar-refractivity contribution in [3.63, 3.8) is 0 Å². The van der Waals surface area contributed by atoms with Crippen molar-refractivity contribution in [2.45, 2.75) is 52.2 Å². The molecule has 0 radical (unpaired) electrons. The van der Waals surface area contributed by atoms with E-state index >= 15 is 0 Å². The van der Waals surface area contributed by atoms with Crippen molar-refractivity contribution in [3.05, 3.63) is 11.3 Å². The third-order valence-corrected chi connectivity index (χ3v) is 5.53. The molecule has 1 aliphatic rings. The monoisotopic (exact) mass is 210 g/mol. The Bertz CT molecular complexity index is 248. The van der Waals surface area contributed by atoms with Crippen molar-refractivity contribution in [1.82, 2.24) is 0 Å². The number of carbonyl (C=O) groups is 1. The van der Waals surface area contributed by atoms with Gasteiger partial charge in [-0.05, 0) is 25.7 Å². The van der Waals surface area contributed by atoms with E-state index in [1.54, 1.807) is 5.20 Å². The first-order valence-corrected chi connectivity index (χ1v) is 9.13. The quantitative estimate of drug-likeness (QED) is 0.637. The lowest BCUT2D eigenvalue weighted by Crippen LogP contribution is -2.31. The van der Waals surface area contributed by atoms with Crippen LogP contribution in [0.15, 0.2) is 11.3 Å². The van der Waals surface area contributed by atoms with Crippen molar-refractivity contribution in [2.75, 3.05) is 0 Å². The summed E-state index contributed by atoms with van der Waals surface area (Å²) in [4.78, 5) is 11.4. The molecule has 1 rings (SSSR count). The summed E-state index contributed by atoms with van der Waals surface area (Å²) in [5, 5.41) is 1.60. The zero-order valence-electron chi connectivity index (χ0n) is 9.89. The maximum Gasteiger partial charge on any atom is 0.133 e. The van der Waals surface area contributed by atoms with Crippen LogP contribution in [0.4, 0.5) is 0 Å². The molecule has 80 valence electrons. The molecular weight excluding hydrogens is 188 g/mol. The number of rotatable bonds is 2. The molecule has 0 heterocycles. The van der Waals surface area contributed by atoms with Gasteiger partial charge in [-0.2, -0.15) is 0 Å². The molecule has 14 heavy (non-hydrogen) atoms. The van der Waals surface area contributed by atoms with Gasteiger partial charge in [-0.15, -0.1) is 0 Å². The van der Waals surface area contributed by atoms with Gasteiger partial charge in [-0.3, -0.25) is 4.79 Å². The van der Waals surface area contributed by atoms with E-state index in [4.69, 9.17) is 0 Å². The smallest absolute Gasteiger partial charge is 0.133 e. The SMILES string of the molecule is C/C=C(\C1CCCC(=O)C1)[Si](C)(C)C. The molecule has 0 bridgehead atoms. The highest BCUT2D eigenvalue weighted by Crippen LogP contribution is 2.33. The average molecular weight is 210 g/mol. The summed E-state index contributed by atoms with van der Waals surface area (Å²) in [5.74, 6) is 1.05. The van der Waals surface area contributed by atoms with Crippen LogP contribution < -0.4 is 0 Å². The molecule has 1 aliphatic carbocycles. The van der Waals surface area contributed by atoms with Crippen LogP contribution in [-0.2, 0) is 4.79 Å². The van der Waals surface area contributed by atoms with Gasteiger partial charge < -0.3 is 0 Å². The Hall–Kier alpha value is -0.373. The molecule has 0 N–H and O–H groups in total. The Morgan fingerprint density at radius 3 is 2.50 bits per heavy atom. The van der Waals surface area contributed by atoms with E-state index in [1.165, 1.54) is 6.42 Å². The minimum atomic E-state index is -1.19. The summed E-state index contributed by atoms with van der Waals surface area (Å²) in [6.07, 6.45) is 6.24. The Kier molecular flexibility index (Phi) is 3.70. The highest BCUT2D eigenvalue weighted by molar-refractivity contribution is 6.83. The third-order valence-electron chi connectivity index (χ3n) is 3.10. The first-order chi connectivity index (χ1) is 6.45. The van der Waals surface area contributed by atoms with Crippen molar-refractivity contribution < 1.29 is 4.79 Å². The molecule has 1 fully saturated rings. The topological polar surface area (TPSA) is 17.1 Å². The van der Waals surface area contributed by atoms with E-state index in [1.807, 2.05) is 0 Å². The predicted octanol–water partition coefficient (Wildman–Crippen LogP) is 3.57. The largest absolute Gasteiger partial charge is 0.300 e. The second-order valence-electron chi connectivity index (χ2n) is 5.33. The number of Topliss-reactive ketones (excluding diaryl/α,β-unsaturated/α-hetero) is 1. The van der Waals surface area contributed by atoms with Gasteiger partial charge in [0.2, 0.25) is 0 Å². The summed E-state index contributed by atoms with van der Waals surface area (Å²) in [6, 6.07) is 0. The second kappa shape index (κ2) is 4.43. The first kappa shape index (κ1) is 11.7. The molecule has 1 nitrogen and oxygen atoms in total. The molecule has 0 aromatic carbocycles. The third kappa shape index (κ3) is 2.81. The Morgan fingerprint density at radius 2 is 2.07 bits per heavy atom. The summed E-state index contributed by atoms with van der Waals surface area (Å²) in [5.41, 5.74) is 0. The van der Waals surface area contributed by atoms with E-state index in [9.17, 15) is 4.79 Å². The lowest BCUT2D eigenvalue weighted by molar-refractivity contribution is -0.121. The highest BCUT2D eigenvalue weighted by Gasteiger charge is 2.29. The number of allylic oxidation sites excluding steroid dienone is 2. The van der Waals surface area contributed by atoms with Crippen molar-refractivity contribution in [1.29, 1.82) is 0 Å². The molecule has 1 saturated carbocycles. The molecule has 0 spiro atoms. The van der Waals surface area contributed by atoms with Crippen molar-refractivity contribution in [3.8, 4) is 0 Å². The molecule has 0 aromatic rings. The van der Waals surface area contributed by atoms with E-state index in [0.717, 1.165) is 19.3 Å². The minimum Gasteiger partial charge on any atom is -0.300 e. The number of ketones is 1. The van der Waals surface area contributed by atoms with Gasteiger partial charge in [0.15, 0.2) is 0 Å². The molecule has 0 aliphatic heterocycles. The molecule has 1 atom stereocenters. The summed E-state index contributed by atoms with van der Waals surface area (Å²) in [7, 11) is -1.19. The van der Waals surface area contributed by atoms with Crippen molar-refractivity contribution >= 4 is 13.9 Å². The lowest BCUT2D eigenvalue weighted by atomic mass is 9.88. The molecule has 0 amide bonds. The Labute approximate surface area is 88.6 Å². The molecule has 0 aromatic heterocycles. The average Bonchev–Trinajstić information content (AvgIpc) is 2.02. The second-order valence-corrected chi connectivity index (χ2v) is 10.4. The summed E-state index contributed by atoms with van der Waals surface area (Å²) < 4.78 is 0. The minimum absolute atomic E-state index is 0.471. The van der Waals surface area contributed by atoms with Crippen LogP contribution in [0.1, 0.15) is 32.6 Å². The van der Waals surface area contributed by atoms with E-state index < -0.39 is 8.07 Å². The molecule has 1 unspecified atom stereocenters. The van der Waals surface area contributed by atoms with Gasteiger partial charge in [0.05, 0.1) is 8.07 Å². The van der Waals surface area contributed by atoms with Crippen molar-refractivity contribution in [2.24, 2.45) is 5.92 Å². The lowest BCUT2D eigenvalue weighted by Gasteiger charge is -2.31. The number of carbonyl (C=O) groups excluding carboxylic acids is 1. The van der Waals surface area contributed by atoms with Gasteiger partial charge >= 0.3 is 0 Å². The van der Waals surface area contributed by atoms with Crippen LogP contribution in [0.5, 0.6) is 0 Å². The Morgan fingerprint density at radius 1 is 1.43 bits per heavy atom. The van der Waals surface area contributed by atoms with Gasteiger partial charge in [0.1, 0.15) is 5.78 Å². The maximum atomic E-state index is 11.4. The fourth-order valence-corrected chi connectivity index (χ4v) is 4.91. The fourth-order valence-electron chi connectivity index (χ4n) is 2.57. The van der Waals surface area contributed by atoms with Crippen LogP contribution in [-0.4, -0.2) is 13.9 Å². The first-order valence-electron chi connectivity index (χ1n) is 5.63. The molecular formula is C12H22OSi. The summed E-state index contributed by atoms with van der Waals surface area (Å²) >= 11 is 0. The van der Waals surface area contributed by atoms with Gasteiger partial charge in [0, 0.05) is 12.8 Å². The van der Waals surface area contributed by atoms with Crippen LogP contribution >= 0.6 is 0 Å². The summed E-state index contributed by atoms with van der Waals surface area (Å²) in [6.45, 7) is 9.26. The van der Waals surface area contributed by atoms with Crippen LogP contribution in [0.2, 0.25) is 19.6 Å². The normalized spacial score (nSPS) is 25.3. The maximum absolute atomic E-state index is 11.4. The van der Waals surface area contributed by atoms with E-state index in [2.05, 4.69) is 32.6 Å². The zero-order chi connectivity index (χ0) is 10.8. The van der Waals surface area contributed by atoms with Gasteiger partial charge in [0.25, 0.3) is 0 Å². The van der Waals surface area contributed by atoms with Gasteiger partial charge in [-0.1, -0.05) is 30.9 Å². The number of hydrogen-bond donors (Lipinski definition) is 0. The molecule has 2 heteroatoms. The fraction of sp³-hybridized carbons (Fsp3) is 0.750. The highest BCUT2D eigenvalue weighted by atomic mass is 28.3. The van der Waals surface area contributed by atoms with Gasteiger partial charge in [-0.25, -0.2) is 0 Å². The van der Waals surface area contributed by atoms with E-state index in [0.29, 0.717) is 11.7 Å². The molecule has 0 saturated heterocycles. The van der Waals surface area contributed by atoms with Crippen LogP contribution in [0.25, 0.3) is 0 Å². The van der Waals surface area contributed by atoms with Crippen LogP contribution in [0.3, 0.4) is 0 Å². The van der Waals surface area contributed by atoms with Crippen LogP contribution in [0, 0.1) is 5.92 Å². The standard InChI is InChI=1S/C12H22OSi/c1-5-12(14(2,3)4)10-7-6-8-11(13)9-10/h5,10H,6-9H2,1-4H3/b12-5+. The predicted molar refractivity (Wildman–Crippen MR) is 64.1 cm³/mol. The van der Waals surface area contributed by atoms with E-state index in [-0.39, 0.29) is 0 Å². The Balaban J connectivity index is 2.76.